The van der Waals surface area contributed by atoms with Gasteiger partial charge in [-0.25, -0.2) is 4.79 Å². The van der Waals surface area contributed by atoms with Crippen molar-refractivity contribution in [2.75, 3.05) is 20.2 Å². The maximum absolute atomic E-state index is 12.8. The molecule has 2 aromatic rings. The molecule has 2 atom stereocenters. The molecule has 0 spiro atoms. The lowest BCUT2D eigenvalue weighted by Crippen LogP contribution is -2.58. The summed E-state index contributed by atoms with van der Waals surface area (Å²) in [6, 6.07) is 17.8. The molecule has 0 aromatic heterocycles. The van der Waals surface area contributed by atoms with E-state index < -0.39 is 0 Å². The van der Waals surface area contributed by atoms with Crippen LogP contribution in [0, 0.1) is 0 Å². The number of carbonyl (C=O) groups excluding carboxylic acids is 2. The second kappa shape index (κ2) is 9.02. The smallest absolute Gasteiger partial charge is 0.337 e. The number of hydrogen-bond donors (Lipinski definition) is 0. The molecule has 1 amide bonds. The van der Waals surface area contributed by atoms with Crippen molar-refractivity contribution in [2.45, 2.75) is 38.9 Å². The van der Waals surface area contributed by atoms with Crippen molar-refractivity contribution in [1.29, 1.82) is 0 Å². The molecule has 1 fully saturated rings. The van der Waals surface area contributed by atoms with Crippen LogP contribution in [-0.4, -0.2) is 54.0 Å². The Balaban J connectivity index is 1.59. The summed E-state index contributed by atoms with van der Waals surface area (Å²) >= 11 is 0. The van der Waals surface area contributed by atoms with Gasteiger partial charge in [0.1, 0.15) is 0 Å². The van der Waals surface area contributed by atoms with Gasteiger partial charge in [0, 0.05) is 31.7 Å². The van der Waals surface area contributed by atoms with E-state index >= 15 is 0 Å². The molecular weight excluding hydrogens is 352 g/mol. The van der Waals surface area contributed by atoms with Gasteiger partial charge in [-0.3, -0.25) is 9.69 Å². The first-order valence-electron chi connectivity index (χ1n) is 9.72. The Morgan fingerprint density at radius 3 is 2.11 bits per heavy atom. The Bertz CT molecular complexity index is 792. The summed E-state index contributed by atoms with van der Waals surface area (Å²) in [5.41, 5.74) is 2.76. The zero-order chi connectivity index (χ0) is 20.1. The lowest BCUT2D eigenvalue weighted by atomic mass is 10.0. The molecule has 5 heteroatoms. The highest BCUT2D eigenvalue weighted by atomic mass is 16.5. The van der Waals surface area contributed by atoms with E-state index in [-0.39, 0.29) is 24.0 Å². The molecule has 148 valence electrons. The summed E-state index contributed by atoms with van der Waals surface area (Å²) < 4.78 is 4.74. The zero-order valence-corrected chi connectivity index (χ0v) is 16.8. The second-order valence-electron chi connectivity index (χ2n) is 7.54. The maximum Gasteiger partial charge on any atom is 0.337 e. The van der Waals surface area contributed by atoms with Crippen LogP contribution in [0.4, 0.5) is 0 Å². The molecule has 1 saturated heterocycles. The van der Waals surface area contributed by atoms with Gasteiger partial charge in [-0.05, 0) is 37.1 Å². The van der Waals surface area contributed by atoms with Crippen molar-refractivity contribution >= 4 is 11.9 Å². The molecule has 0 aliphatic carbocycles. The van der Waals surface area contributed by atoms with Crippen molar-refractivity contribution < 1.29 is 14.3 Å². The van der Waals surface area contributed by atoms with E-state index in [4.69, 9.17) is 4.74 Å². The molecule has 0 N–H and O–H groups in total. The van der Waals surface area contributed by atoms with E-state index in [0.29, 0.717) is 12.0 Å². The predicted octanol–water partition coefficient (Wildman–Crippen LogP) is 3.14. The molecule has 2 aromatic carbocycles. The van der Waals surface area contributed by atoms with Crippen LogP contribution in [0.1, 0.15) is 35.3 Å². The van der Waals surface area contributed by atoms with Gasteiger partial charge in [-0.15, -0.1) is 0 Å². The lowest BCUT2D eigenvalue weighted by molar-refractivity contribution is -0.138. The van der Waals surface area contributed by atoms with Crippen LogP contribution in [-0.2, 0) is 22.5 Å². The molecule has 0 saturated carbocycles. The SMILES string of the molecule is COC(=O)c1ccc(CN2C[C@@H](C)N(C(=O)Cc3ccccc3)[C@@H](C)C2)cc1. The van der Waals surface area contributed by atoms with Crippen molar-refractivity contribution in [2.24, 2.45) is 0 Å². The van der Waals surface area contributed by atoms with Gasteiger partial charge in [0.2, 0.25) is 5.91 Å². The fourth-order valence-corrected chi connectivity index (χ4v) is 4.04. The Kier molecular flexibility index (Phi) is 6.47. The number of ether oxygens (including phenoxy) is 1. The molecule has 5 nitrogen and oxygen atoms in total. The van der Waals surface area contributed by atoms with Gasteiger partial charge in [-0.1, -0.05) is 42.5 Å². The van der Waals surface area contributed by atoms with Crippen LogP contribution < -0.4 is 0 Å². The number of rotatable bonds is 5. The van der Waals surface area contributed by atoms with Gasteiger partial charge in [0.25, 0.3) is 0 Å². The van der Waals surface area contributed by atoms with Gasteiger partial charge >= 0.3 is 5.97 Å². The molecule has 1 heterocycles. The van der Waals surface area contributed by atoms with Crippen LogP contribution in [0.3, 0.4) is 0 Å². The van der Waals surface area contributed by atoms with E-state index in [1.165, 1.54) is 7.11 Å². The zero-order valence-electron chi connectivity index (χ0n) is 16.8. The fourth-order valence-electron chi connectivity index (χ4n) is 4.04. The monoisotopic (exact) mass is 380 g/mol. The Morgan fingerprint density at radius 1 is 0.929 bits per heavy atom. The average molecular weight is 380 g/mol. The molecule has 28 heavy (non-hydrogen) atoms. The standard InChI is InChI=1S/C23H28N2O3/c1-17-14-24(16-20-9-11-21(12-10-20)23(27)28-3)15-18(2)25(17)22(26)13-19-7-5-4-6-8-19/h4-12,17-18H,13-16H2,1-3H3/t17-,18+. The highest BCUT2D eigenvalue weighted by Crippen LogP contribution is 2.20. The number of amides is 1. The Labute approximate surface area is 166 Å². The third-order valence-electron chi connectivity index (χ3n) is 5.26. The normalized spacial score (nSPS) is 20.0. The van der Waals surface area contributed by atoms with E-state index in [9.17, 15) is 9.59 Å². The minimum atomic E-state index is -0.320. The quantitative estimate of drug-likeness (QED) is 0.748. The Hall–Kier alpha value is -2.66. The minimum Gasteiger partial charge on any atom is -0.465 e. The molecule has 0 bridgehead atoms. The molecule has 0 unspecified atom stereocenters. The topological polar surface area (TPSA) is 49.9 Å². The third kappa shape index (κ3) is 4.78. The number of methoxy groups -OCH3 is 1. The van der Waals surface area contributed by atoms with E-state index in [2.05, 4.69) is 18.7 Å². The van der Waals surface area contributed by atoms with Crippen molar-refractivity contribution in [3.05, 3.63) is 71.3 Å². The molecule has 3 rings (SSSR count). The van der Waals surface area contributed by atoms with Crippen LogP contribution in [0.5, 0.6) is 0 Å². The number of esters is 1. The number of benzene rings is 2. The number of piperazine rings is 1. The summed E-state index contributed by atoms with van der Waals surface area (Å²) in [6.07, 6.45) is 0.449. The maximum atomic E-state index is 12.8. The summed E-state index contributed by atoms with van der Waals surface area (Å²) in [5, 5.41) is 0. The van der Waals surface area contributed by atoms with E-state index in [1.54, 1.807) is 12.1 Å². The summed E-state index contributed by atoms with van der Waals surface area (Å²) in [4.78, 5) is 28.8. The van der Waals surface area contributed by atoms with Gasteiger partial charge in [0.05, 0.1) is 19.1 Å². The minimum absolute atomic E-state index is 0.161. The van der Waals surface area contributed by atoms with Gasteiger partial charge in [-0.2, -0.15) is 0 Å². The van der Waals surface area contributed by atoms with Crippen LogP contribution >= 0.6 is 0 Å². The number of nitrogens with zero attached hydrogens (tertiary/aromatic N) is 2. The first-order chi connectivity index (χ1) is 13.5. The van der Waals surface area contributed by atoms with Gasteiger partial charge < -0.3 is 9.64 Å². The fraction of sp³-hybridized carbons (Fsp3) is 0.391. The first-order valence-corrected chi connectivity index (χ1v) is 9.72. The van der Waals surface area contributed by atoms with Crippen LogP contribution in [0.25, 0.3) is 0 Å². The highest BCUT2D eigenvalue weighted by molar-refractivity contribution is 5.89. The molecule has 1 aliphatic rings. The largest absolute Gasteiger partial charge is 0.465 e. The van der Waals surface area contributed by atoms with Gasteiger partial charge in [0.15, 0.2) is 0 Å². The first kappa shape index (κ1) is 20.1. The van der Waals surface area contributed by atoms with E-state index in [0.717, 1.165) is 30.8 Å². The number of hydrogen-bond acceptors (Lipinski definition) is 4. The second-order valence-corrected chi connectivity index (χ2v) is 7.54. The van der Waals surface area contributed by atoms with E-state index in [1.807, 2.05) is 47.4 Å². The molecule has 1 aliphatic heterocycles. The molecule has 0 radical (unpaired) electrons. The third-order valence-corrected chi connectivity index (χ3v) is 5.26. The summed E-state index contributed by atoms with van der Waals surface area (Å²) in [7, 11) is 1.39. The van der Waals surface area contributed by atoms with Crippen molar-refractivity contribution in [3.8, 4) is 0 Å². The van der Waals surface area contributed by atoms with Crippen molar-refractivity contribution in [3.63, 3.8) is 0 Å². The predicted molar refractivity (Wildman–Crippen MR) is 109 cm³/mol. The number of carbonyl (C=O) groups is 2. The Morgan fingerprint density at radius 2 is 1.54 bits per heavy atom. The molecular formula is C23H28N2O3. The highest BCUT2D eigenvalue weighted by Gasteiger charge is 2.32. The summed E-state index contributed by atoms with van der Waals surface area (Å²) in [5.74, 6) is -0.132. The summed E-state index contributed by atoms with van der Waals surface area (Å²) in [6.45, 7) is 6.71. The van der Waals surface area contributed by atoms with Crippen LogP contribution in [0.15, 0.2) is 54.6 Å². The van der Waals surface area contributed by atoms with Crippen molar-refractivity contribution in [1.82, 2.24) is 9.80 Å². The average Bonchev–Trinajstić information content (AvgIpc) is 2.68. The van der Waals surface area contributed by atoms with Crippen LogP contribution in [0.2, 0.25) is 0 Å². The lowest BCUT2D eigenvalue weighted by Gasteiger charge is -2.44.